The van der Waals surface area contributed by atoms with Crippen LogP contribution in [-0.2, 0) is 29.1 Å². The Labute approximate surface area is 671 Å². The second-order valence-electron chi connectivity index (χ2n) is 33.0. The summed E-state index contributed by atoms with van der Waals surface area (Å²) < 4.78 is 33.8. The van der Waals surface area contributed by atoms with Gasteiger partial charge in [0.2, 0.25) is 35.3 Å². The van der Waals surface area contributed by atoms with Gasteiger partial charge in [0.05, 0.1) is 103 Å². The number of pyridine rings is 6. The molecule has 0 spiro atoms. The van der Waals surface area contributed by atoms with E-state index in [4.69, 9.17) is 87.7 Å². The summed E-state index contributed by atoms with van der Waals surface area (Å²) in [5.74, 6) is 5.89. The number of nitrogens with zero attached hydrogens (tertiary/aromatic N) is 18. The van der Waals surface area contributed by atoms with Crippen LogP contribution in [0.5, 0.6) is 0 Å². The SMILES string of the molecule is CC1CCC(Cn2c(N3CCC[C@H]3C)nc3cc(-c4noc(=O)[nH]4)nc(-c4cncc(Cl)c4)c32)CC1.CC1CCC(Cn2c(N3CCOC4CCCC43)nc3cc(-c4noc(=O)[nH]4)nc(-c4cncc(Cl)c4)c32)CC1.CC1CCC(Cn2c(N3CCO[C@@H]4CCC[C@H]43)nc3cc(-c4noc(=O)[nH]4)nc(-c4cncc(Cl)c4)c32)CC1. The van der Waals surface area contributed by atoms with Crippen molar-refractivity contribution in [1.82, 2.24) is 89.0 Å². The summed E-state index contributed by atoms with van der Waals surface area (Å²) in [6, 6.07) is 12.3. The fraction of sp³-hybridized carbons (Fsp3) is 0.524. The molecule has 3 N–H and O–H groups in total. The van der Waals surface area contributed by atoms with Gasteiger partial charge in [0.1, 0.15) is 17.1 Å². The maximum Gasteiger partial charge on any atom is 0.439 e. The lowest BCUT2D eigenvalue weighted by atomic mass is 9.83. The van der Waals surface area contributed by atoms with Gasteiger partial charge < -0.3 is 37.9 Å². The van der Waals surface area contributed by atoms with E-state index in [0.29, 0.717) is 92.6 Å². The molecule has 5 aliphatic carbocycles. The molecule has 3 saturated heterocycles. The number of fused-ring (bicyclic) bond motifs is 5. The molecule has 0 aromatic carbocycles. The normalized spacial score (nSPS) is 24.4. The monoisotopic (exact) mass is 1610 g/mol. The van der Waals surface area contributed by atoms with Crippen molar-refractivity contribution in [2.24, 2.45) is 35.5 Å². The Bertz CT molecular complexity index is 5410. The lowest BCUT2D eigenvalue weighted by molar-refractivity contribution is 0.0246. The number of rotatable bonds is 15. The third-order valence-corrected chi connectivity index (χ3v) is 25.7. The van der Waals surface area contributed by atoms with Gasteiger partial charge >= 0.3 is 17.3 Å². The van der Waals surface area contributed by atoms with E-state index >= 15 is 0 Å². The predicted molar refractivity (Wildman–Crippen MR) is 435 cm³/mol. The second kappa shape index (κ2) is 32.5. The molecule has 20 rings (SSSR count). The minimum absolute atomic E-state index is 0.244. The Balaban J connectivity index is 0.000000119. The van der Waals surface area contributed by atoms with Crippen LogP contribution >= 0.6 is 34.8 Å². The number of halogens is 3. The number of imidazole rings is 3. The Kier molecular flexibility index (Phi) is 21.6. The number of aromatic amines is 3. The first-order valence-electron chi connectivity index (χ1n) is 40.8. The van der Waals surface area contributed by atoms with Gasteiger partial charge in [-0.05, 0) is 169 Å². The van der Waals surface area contributed by atoms with Crippen molar-refractivity contribution < 1.29 is 23.0 Å². The fourth-order valence-electron chi connectivity index (χ4n) is 19.1. The van der Waals surface area contributed by atoms with E-state index in [1.165, 1.54) is 77.0 Å². The van der Waals surface area contributed by atoms with Crippen LogP contribution in [-0.4, -0.2) is 152 Å². The molecule has 2 unspecified atom stereocenters. The third kappa shape index (κ3) is 15.6. The third-order valence-electron chi connectivity index (χ3n) is 25.1. The zero-order valence-electron chi connectivity index (χ0n) is 64.5. The largest absolute Gasteiger partial charge is 0.439 e. The summed E-state index contributed by atoms with van der Waals surface area (Å²) in [4.78, 5) is 94.1. The van der Waals surface area contributed by atoms with E-state index in [1.807, 2.05) is 36.4 Å². The summed E-state index contributed by atoms with van der Waals surface area (Å²) in [6.45, 7) is 15.9. The van der Waals surface area contributed by atoms with Crippen LogP contribution in [0.15, 0.2) is 102 Å². The van der Waals surface area contributed by atoms with Gasteiger partial charge in [0, 0.05) is 99.2 Å². The molecule has 114 heavy (non-hydrogen) atoms. The smallest absolute Gasteiger partial charge is 0.374 e. The van der Waals surface area contributed by atoms with Gasteiger partial charge in [-0.2, -0.15) is 0 Å². The second-order valence-corrected chi connectivity index (χ2v) is 34.3. The molecule has 8 aliphatic rings. The number of hydrogen-bond acceptors (Lipinski definition) is 23. The van der Waals surface area contributed by atoms with Crippen LogP contribution < -0.4 is 32.0 Å². The highest BCUT2D eigenvalue weighted by atomic mass is 35.5. The predicted octanol–water partition coefficient (Wildman–Crippen LogP) is 15.5. The van der Waals surface area contributed by atoms with E-state index in [2.05, 4.69) is 101 Å². The topological polar surface area (TPSA) is 336 Å². The number of hydrogen-bond donors (Lipinski definition) is 3. The van der Waals surface area contributed by atoms with E-state index in [-0.39, 0.29) is 29.7 Å². The highest BCUT2D eigenvalue weighted by Crippen LogP contribution is 2.45. The molecule has 0 bridgehead atoms. The summed E-state index contributed by atoms with van der Waals surface area (Å²) in [7, 11) is 0. The van der Waals surface area contributed by atoms with E-state index in [9.17, 15) is 14.4 Å². The van der Waals surface area contributed by atoms with Gasteiger partial charge in [-0.15, -0.1) is 0 Å². The standard InChI is InChI=1S/2C28H32ClN7O3.C26H30ClN7O2/c2*1-16-5-7-17(8-6-16)15-36-25-20(32-27(36)35-9-10-38-23-4-2-3-22(23)35)12-21(26-33-28(37)39-34-26)31-24(25)18-11-19(29)14-30-13-18;1-15-5-7-17(8-6-15)14-34-23-20(30-25(34)33-9-3-4-16(33)2)11-21(24-31-26(35)36-32-24)29-22(23)18-10-19(27)13-28-12-18/h2*11-14,16-17,22-23H,2-10,15H2,1H3,(H,33,34,37);10-13,15-17H,3-9,14H2,1-2H3,(H,31,32,35)/t16?,17?,22-,23-;;15?,16-,17?/m1.1/s1. The van der Waals surface area contributed by atoms with Crippen LogP contribution in [0, 0.1) is 35.5 Å². The van der Waals surface area contributed by atoms with Crippen molar-refractivity contribution in [3.05, 3.63) is 120 Å². The number of anilines is 3. The molecule has 596 valence electrons. The van der Waals surface area contributed by atoms with E-state index < -0.39 is 17.3 Å². The molecule has 3 aliphatic heterocycles. The highest BCUT2D eigenvalue weighted by molar-refractivity contribution is 6.31. The average Bonchev–Trinajstić information content (AvgIpc) is 1.59. The first-order valence-corrected chi connectivity index (χ1v) is 41.9. The minimum atomic E-state index is -0.629. The summed E-state index contributed by atoms with van der Waals surface area (Å²) in [5.41, 5.74) is 11.2. The van der Waals surface area contributed by atoms with Crippen molar-refractivity contribution in [3.63, 3.8) is 0 Å². The van der Waals surface area contributed by atoms with Gasteiger partial charge in [-0.3, -0.25) is 43.5 Å². The Hall–Kier alpha value is -9.68. The van der Waals surface area contributed by atoms with Crippen molar-refractivity contribution in [2.45, 2.75) is 206 Å². The van der Waals surface area contributed by atoms with Gasteiger partial charge in [-0.25, -0.2) is 44.3 Å². The number of ether oxygens (including phenoxy) is 2. The Morgan fingerprint density at radius 3 is 1.04 bits per heavy atom. The summed E-state index contributed by atoms with van der Waals surface area (Å²) >= 11 is 19.1. The Morgan fingerprint density at radius 1 is 0.386 bits per heavy atom. The van der Waals surface area contributed by atoms with E-state index in [1.54, 1.807) is 37.2 Å². The molecule has 15 heterocycles. The van der Waals surface area contributed by atoms with Crippen LogP contribution in [0.1, 0.15) is 156 Å². The zero-order chi connectivity index (χ0) is 77.8. The van der Waals surface area contributed by atoms with Crippen molar-refractivity contribution >= 4 is 85.7 Å². The summed E-state index contributed by atoms with van der Waals surface area (Å²) in [6.07, 6.45) is 34.4. The molecule has 0 amide bonds. The molecule has 5 saturated carbocycles. The minimum Gasteiger partial charge on any atom is -0.374 e. The quantitative estimate of drug-likeness (QED) is 0.0858. The van der Waals surface area contributed by atoms with E-state index in [0.717, 1.165) is 182 Å². The molecule has 12 aromatic heterocycles. The molecule has 5 atom stereocenters. The average molecular weight is 1610 g/mol. The first kappa shape index (κ1) is 75.7. The maximum atomic E-state index is 11.8. The summed E-state index contributed by atoms with van der Waals surface area (Å²) in [5, 5.41) is 13.3. The van der Waals surface area contributed by atoms with Crippen molar-refractivity contribution in [3.8, 4) is 68.3 Å². The lowest BCUT2D eigenvalue weighted by Gasteiger charge is -2.39. The highest BCUT2D eigenvalue weighted by Gasteiger charge is 2.42. The Morgan fingerprint density at radius 2 is 0.728 bits per heavy atom. The molecule has 29 nitrogen and oxygen atoms in total. The molecule has 32 heteroatoms. The molecule has 0 radical (unpaired) electrons. The maximum absolute atomic E-state index is 11.8. The number of aromatic nitrogens is 18. The molecular formula is C82H94Cl3N21O8. The zero-order valence-corrected chi connectivity index (χ0v) is 66.8. The number of nitrogens with one attached hydrogen (secondary N) is 3. The van der Waals surface area contributed by atoms with Crippen LogP contribution in [0.4, 0.5) is 17.8 Å². The lowest BCUT2D eigenvalue weighted by Crippen LogP contribution is -2.49. The van der Waals surface area contributed by atoms with Crippen LogP contribution in [0.3, 0.4) is 0 Å². The molecule has 12 aromatic rings. The molecular weight excluding hydrogens is 1510 g/mol. The van der Waals surface area contributed by atoms with Gasteiger partial charge in [0.25, 0.3) is 0 Å². The first-order chi connectivity index (χ1) is 55.5. The van der Waals surface area contributed by atoms with Gasteiger partial charge in [-0.1, -0.05) is 110 Å². The van der Waals surface area contributed by atoms with Crippen LogP contribution in [0.25, 0.3) is 101 Å². The van der Waals surface area contributed by atoms with Crippen molar-refractivity contribution in [1.29, 1.82) is 0 Å². The molecule has 8 fully saturated rings. The van der Waals surface area contributed by atoms with Crippen LogP contribution in [0.2, 0.25) is 15.1 Å². The number of H-pyrrole nitrogens is 3. The number of morpholine rings is 2. The fourth-order valence-corrected chi connectivity index (χ4v) is 19.6. The van der Waals surface area contributed by atoms with Crippen molar-refractivity contribution in [2.75, 3.05) is 47.5 Å². The van der Waals surface area contributed by atoms with Gasteiger partial charge in [0.15, 0.2) is 0 Å².